The third-order valence-corrected chi connectivity index (χ3v) is 5.21. The van der Waals surface area contributed by atoms with Gasteiger partial charge in [0.25, 0.3) is 0 Å². The number of aromatic amines is 1. The molecule has 0 aliphatic rings. The molecule has 0 bridgehead atoms. The van der Waals surface area contributed by atoms with Crippen LogP contribution < -0.4 is 5.69 Å². The zero-order valence-corrected chi connectivity index (χ0v) is 13.9. The number of aromatic nitrogens is 4. The summed E-state index contributed by atoms with van der Waals surface area (Å²) in [6.45, 7) is 4.37. The molecule has 0 amide bonds. The predicted molar refractivity (Wildman–Crippen MR) is 86.0 cm³/mol. The smallest absolute Gasteiger partial charge is 0.329 e. The minimum Gasteiger partial charge on any atom is -0.329 e. The summed E-state index contributed by atoms with van der Waals surface area (Å²) in [6.07, 6.45) is 3.42. The fourth-order valence-electron chi connectivity index (χ4n) is 2.19. The number of hydrogen-bond donors (Lipinski definition) is 1. The van der Waals surface area contributed by atoms with E-state index in [0.29, 0.717) is 15.5 Å². The normalized spacial score (nSPS) is 13.0. The van der Waals surface area contributed by atoms with Gasteiger partial charge >= 0.3 is 5.69 Å². The molecule has 0 fully saturated rings. The molecule has 0 saturated heterocycles. The summed E-state index contributed by atoms with van der Waals surface area (Å²) in [6, 6.07) is 0. The Hall–Kier alpha value is -1.08. The fraction of sp³-hybridized carbons (Fsp3) is 0.615. The van der Waals surface area contributed by atoms with E-state index in [1.54, 1.807) is 25.9 Å². The highest BCUT2D eigenvalue weighted by atomic mass is 32.2. The number of hydrogen-bond acceptors (Lipinski definition) is 4. The lowest BCUT2D eigenvalue weighted by Gasteiger charge is -2.10. The summed E-state index contributed by atoms with van der Waals surface area (Å²) in [4.78, 5) is 19.8. The van der Waals surface area contributed by atoms with Gasteiger partial charge in [-0.1, -0.05) is 44.2 Å². The van der Waals surface area contributed by atoms with Crippen LogP contribution in [0.1, 0.15) is 33.1 Å². The standard InChI is InChI=1S/C13H20N4OS2/c1-5-7-8(6-2)20-12-14-9-10(15-12)16(3)13(18)17(4)11(9)19/h8H,5-7H2,1-4H3,(H,14,15). The number of nitrogens with one attached hydrogen (secondary N) is 1. The van der Waals surface area contributed by atoms with Crippen molar-refractivity contribution in [3.05, 3.63) is 15.1 Å². The monoisotopic (exact) mass is 312 g/mol. The topological polar surface area (TPSA) is 55.6 Å². The lowest BCUT2D eigenvalue weighted by Crippen LogP contribution is -2.27. The first kappa shape index (κ1) is 15.3. The van der Waals surface area contributed by atoms with Gasteiger partial charge in [-0.05, 0) is 12.8 Å². The van der Waals surface area contributed by atoms with Crippen molar-refractivity contribution in [3.8, 4) is 0 Å². The Balaban J connectivity index is 2.49. The summed E-state index contributed by atoms with van der Waals surface area (Å²) in [5.41, 5.74) is 1.25. The highest BCUT2D eigenvalue weighted by Crippen LogP contribution is 2.27. The van der Waals surface area contributed by atoms with Crippen molar-refractivity contribution in [1.82, 2.24) is 19.1 Å². The van der Waals surface area contributed by atoms with Crippen LogP contribution in [0.3, 0.4) is 0 Å². The van der Waals surface area contributed by atoms with Gasteiger partial charge in [-0.2, -0.15) is 0 Å². The molecule has 1 N–H and O–H groups in total. The zero-order chi connectivity index (χ0) is 14.9. The van der Waals surface area contributed by atoms with E-state index in [4.69, 9.17) is 12.2 Å². The highest BCUT2D eigenvalue weighted by molar-refractivity contribution is 7.99. The van der Waals surface area contributed by atoms with E-state index in [2.05, 4.69) is 23.8 Å². The number of thioether (sulfide) groups is 1. The Morgan fingerprint density at radius 2 is 2.05 bits per heavy atom. The molecule has 2 aromatic heterocycles. The Labute approximate surface area is 127 Å². The summed E-state index contributed by atoms with van der Waals surface area (Å²) in [5, 5.41) is 1.38. The van der Waals surface area contributed by atoms with Gasteiger partial charge in [0.05, 0.1) is 0 Å². The van der Waals surface area contributed by atoms with Gasteiger partial charge in [-0.15, -0.1) is 0 Å². The molecule has 20 heavy (non-hydrogen) atoms. The first-order valence-corrected chi connectivity index (χ1v) is 8.10. The van der Waals surface area contributed by atoms with Crippen LogP contribution in [0.4, 0.5) is 0 Å². The number of nitrogens with zero attached hydrogens (tertiary/aromatic N) is 3. The molecule has 1 atom stereocenters. The molecular weight excluding hydrogens is 292 g/mol. The highest BCUT2D eigenvalue weighted by Gasteiger charge is 2.14. The van der Waals surface area contributed by atoms with Crippen molar-refractivity contribution < 1.29 is 0 Å². The Kier molecular flexibility index (Phi) is 4.70. The predicted octanol–water partition coefficient (Wildman–Crippen LogP) is 3.00. The third-order valence-electron chi connectivity index (χ3n) is 3.42. The summed E-state index contributed by atoms with van der Waals surface area (Å²) in [5.74, 6) is 0. The molecule has 0 aliphatic heterocycles. The van der Waals surface area contributed by atoms with Gasteiger partial charge < -0.3 is 4.98 Å². The number of imidazole rings is 1. The number of H-pyrrole nitrogens is 1. The summed E-state index contributed by atoms with van der Waals surface area (Å²) < 4.78 is 3.51. The maximum Gasteiger partial charge on any atom is 0.330 e. The molecular formula is C13H20N4OS2. The second kappa shape index (κ2) is 6.13. The van der Waals surface area contributed by atoms with Crippen LogP contribution >= 0.6 is 24.0 Å². The van der Waals surface area contributed by atoms with E-state index >= 15 is 0 Å². The molecule has 110 valence electrons. The molecule has 2 aromatic rings. The van der Waals surface area contributed by atoms with Crippen molar-refractivity contribution in [2.24, 2.45) is 14.1 Å². The van der Waals surface area contributed by atoms with Crippen molar-refractivity contribution >= 4 is 35.1 Å². The van der Waals surface area contributed by atoms with Gasteiger partial charge in [0.15, 0.2) is 10.8 Å². The average molecular weight is 312 g/mol. The molecule has 2 rings (SSSR count). The van der Waals surface area contributed by atoms with Crippen LogP contribution in [0.15, 0.2) is 9.95 Å². The van der Waals surface area contributed by atoms with Crippen LogP contribution in [0.5, 0.6) is 0 Å². The molecule has 0 spiro atoms. The Morgan fingerprint density at radius 3 is 2.65 bits per heavy atom. The Bertz CT molecular complexity index is 728. The zero-order valence-electron chi connectivity index (χ0n) is 12.3. The van der Waals surface area contributed by atoms with Crippen molar-refractivity contribution in [3.63, 3.8) is 0 Å². The van der Waals surface area contributed by atoms with Gasteiger partial charge in [0.2, 0.25) is 0 Å². The minimum atomic E-state index is -0.147. The number of aryl methyl sites for hydroxylation is 1. The van der Waals surface area contributed by atoms with Crippen LogP contribution in [0.2, 0.25) is 0 Å². The van der Waals surface area contributed by atoms with Gasteiger partial charge in [-0.3, -0.25) is 9.13 Å². The minimum absolute atomic E-state index is 0.147. The molecule has 0 aromatic carbocycles. The second-order valence-corrected chi connectivity index (χ2v) is 6.56. The van der Waals surface area contributed by atoms with E-state index in [0.717, 1.165) is 29.9 Å². The van der Waals surface area contributed by atoms with Gasteiger partial charge in [-0.25, -0.2) is 9.78 Å². The largest absolute Gasteiger partial charge is 0.330 e. The third kappa shape index (κ3) is 2.69. The number of fused-ring (bicyclic) bond motifs is 1. The quantitative estimate of drug-likeness (QED) is 0.681. The lowest BCUT2D eigenvalue weighted by molar-refractivity contribution is 0.716. The first-order valence-electron chi connectivity index (χ1n) is 6.81. The number of rotatable bonds is 5. The molecule has 0 saturated carbocycles. The van der Waals surface area contributed by atoms with Crippen LogP contribution in [0.25, 0.3) is 11.2 Å². The van der Waals surface area contributed by atoms with E-state index in [9.17, 15) is 4.79 Å². The Morgan fingerprint density at radius 1 is 1.35 bits per heavy atom. The van der Waals surface area contributed by atoms with Crippen LogP contribution in [-0.2, 0) is 14.1 Å². The van der Waals surface area contributed by atoms with Crippen LogP contribution in [0, 0.1) is 4.64 Å². The summed E-state index contributed by atoms with van der Waals surface area (Å²) >= 11 is 7.05. The molecule has 2 heterocycles. The fourth-order valence-corrected chi connectivity index (χ4v) is 3.54. The van der Waals surface area contributed by atoms with Crippen molar-refractivity contribution in [1.29, 1.82) is 0 Å². The van der Waals surface area contributed by atoms with Crippen molar-refractivity contribution in [2.45, 2.75) is 43.5 Å². The lowest BCUT2D eigenvalue weighted by atomic mass is 10.2. The van der Waals surface area contributed by atoms with E-state index in [1.807, 2.05) is 0 Å². The van der Waals surface area contributed by atoms with Crippen molar-refractivity contribution in [2.75, 3.05) is 0 Å². The van der Waals surface area contributed by atoms with Gasteiger partial charge in [0, 0.05) is 19.3 Å². The molecule has 0 radical (unpaired) electrons. The maximum absolute atomic E-state index is 12.0. The van der Waals surface area contributed by atoms with Crippen LogP contribution in [-0.4, -0.2) is 24.4 Å². The second-order valence-electron chi connectivity index (χ2n) is 4.88. The van der Waals surface area contributed by atoms with E-state index in [1.165, 1.54) is 9.13 Å². The average Bonchev–Trinajstić information content (AvgIpc) is 2.86. The first-order chi connectivity index (χ1) is 9.49. The molecule has 7 heteroatoms. The maximum atomic E-state index is 12.0. The van der Waals surface area contributed by atoms with Gasteiger partial charge in [0.1, 0.15) is 10.2 Å². The molecule has 1 unspecified atom stereocenters. The SMILES string of the molecule is CCCC(CC)Sc1nc2c([nH]1)c(=S)n(C)c(=O)n2C. The summed E-state index contributed by atoms with van der Waals surface area (Å²) in [7, 11) is 3.40. The molecule has 0 aliphatic carbocycles. The van der Waals surface area contributed by atoms with E-state index < -0.39 is 0 Å². The molecule has 5 nitrogen and oxygen atoms in total. The van der Waals surface area contributed by atoms with E-state index in [-0.39, 0.29) is 5.69 Å².